The van der Waals surface area contributed by atoms with Gasteiger partial charge in [0.2, 0.25) is 0 Å². The Morgan fingerprint density at radius 2 is 2.38 bits per heavy atom. The highest BCUT2D eigenvalue weighted by atomic mass is 16.3. The van der Waals surface area contributed by atoms with E-state index in [9.17, 15) is 0 Å². The van der Waals surface area contributed by atoms with E-state index in [4.69, 9.17) is 10.2 Å². The van der Waals surface area contributed by atoms with Crippen molar-refractivity contribution < 1.29 is 4.42 Å². The largest absolute Gasteiger partial charge is 0.469 e. The molecule has 2 aromatic heterocycles. The van der Waals surface area contributed by atoms with E-state index in [-0.39, 0.29) is 0 Å². The van der Waals surface area contributed by atoms with Crippen LogP contribution in [0.25, 0.3) is 11.3 Å². The molecule has 0 unspecified atom stereocenters. The predicted molar refractivity (Wildman–Crippen MR) is 61.1 cm³/mol. The normalized spacial score (nSPS) is 13.6. The molecule has 4 nitrogen and oxygen atoms in total. The van der Waals surface area contributed by atoms with Crippen LogP contribution in [0.5, 0.6) is 0 Å². The molecule has 0 fully saturated rings. The highest BCUT2D eigenvalue weighted by Gasteiger charge is 2.22. The fourth-order valence-electron chi connectivity index (χ4n) is 2.24. The summed E-state index contributed by atoms with van der Waals surface area (Å²) in [6.45, 7) is 0.711. The summed E-state index contributed by atoms with van der Waals surface area (Å²) in [6, 6.07) is 2.00. The molecule has 0 radical (unpaired) electrons. The second-order valence-electron chi connectivity index (χ2n) is 4.16. The number of nitrogens with one attached hydrogen (secondary N) is 1. The Kier molecular flexibility index (Phi) is 2.29. The average molecular weight is 217 g/mol. The van der Waals surface area contributed by atoms with E-state index >= 15 is 0 Å². The molecular weight excluding hydrogens is 202 g/mol. The van der Waals surface area contributed by atoms with Gasteiger partial charge in [0, 0.05) is 24.1 Å². The SMILES string of the molecule is NCCCc1nc2c([nH]1)CCc1occc1-2. The van der Waals surface area contributed by atoms with Crippen LogP contribution in [-0.4, -0.2) is 16.5 Å². The van der Waals surface area contributed by atoms with Crippen LogP contribution in [0.3, 0.4) is 0 Å². The summed E-state index contributed by atoms with van der Waals surface area (Å²) in [5.74, 6) is 2.11. The van der Waals surface area contributed by atoms with Crippen LogP contribution in [-0.2, 0) is 19.3 Å². The number of hydrogen-bond acceptors (Lipinski definition) is 3. The number of aromatic nitrogens is 2. The van der Waals surface area contributed by atoms with E-state index in [1.165, 1.54) is 5.69 Å². The molecule has 1 aliphatic rings. The number of aromatic amines is 1. The van der Waals surface area contributed by atoms with Crippen molar-refractivity contribution in [2.45, 2.75) is 25.7 Å². The van der Waals surface area contributed by atoms with Crippen LogP contribution < -0.4 is 5.73 Å². The Hall–Kier alpha value is -1.55. The van der Waals surface area contributed by atoms with E-state index in [0.717, 1.165) is 48.5 Å². The van der Waals surface area contributed by atoms with Crippen molar-refractivity contribution in [3.8, 4) is 11.3 Å². The van der Waals surface area contributed by atoms with Gasteiger partial charge in [0.15, 0.2) is 0 Å². The fraction of sp³-hybridized carbons (Fsp3) is 0.417. The fourth-order valence-corrected chi connectivity index (χ4v) is 2.24. The zero-order valence-electron chi connectivity index (χ0n) is 9.12. The van der Waals surface area contributed by atoms with Gasteiger partial charge in [-0.05, 0) is 25.5 Å². The topological polar surface area (TPSA) is 67.8 Å². The Morgan fingerprint density at radius 1 is 1.44 bits per heavy atom. The van der Waals surface area contributed by atoms with Crippen molar-refractivity contribution in [1.29, 1.82) is 0 Å². The lowest BCUT2D eigenvalue weighted by Crippen LogP contribution is -2.01. The number of aryl methyl sites for hydroxylation is 3. The Morgan fingerprint density at radius 3 is 3.25 bits per heavy atom. The zero-order valence-corrected chi connectivity index (χ0v) is 9.12. The molecule has 0 saturated carbocycles. The van der Waals surface area contributed by atoms with Crippen LogP contribution in [0.1, 0.15) is 23.7 Å². The van der Waals surface area contributed by atoms with Crippen molar-refractivity contribution in [2.75, 3.05) is 6.54 Å². The maximum absolute atomic E-state index is 5.50. The number of imidazole rings is 1. The highest BCUT2D eigenvalue weighted by molar-refractivity contribution is 5.66. The zero-order chi connectivity index (χ0) is 11.0. The third-order valence-electron chi connectivity index (χ3n) is 3.05. The van der Waals surface area contributed by atoms with Crippen molar-refractivity contribution in [2.24, 2.45) is 5.73 Å². The molecule has 3 N–H and O–H groups in total. The van der Waals surface area contributed by atoms with Gasteiger partial charge in [-0.25, -0.2) is 4.98 Å². The molecule has 0 aliphatic heterocycles. The quantitative estimate of drug-likeness (QED) is 0.821. The molecule has 1 aliphatic carbocycles. The number of furan rings is 1. The van der Waals surface area contributed by atoms with Gasteiger partial charge in [0.1, 0.15) is 11.6 Å². The van der Waals surface area contributed by atoms with E-state index in [0.29, 0.717) is 6.54 Å². The molecule has 4 heteroatoms. The number of nitrogens with zero attached hydrogens (tertiary/aromatic N) is 1. The standard InChI is InChI=1S/C12H15N3O/c13-6-1-2-11-14-9-3-4-10-8(5-7-16-10)12(9)15-11/h5,7H,1-4,6,13H2,(H,14,15). The van der Waals surface area contributed by atoms with Crippen LogP contribution in [0.2, 0.25) is 0 Å². The summed E-state index contributed by atoms with van der Waals surface area (Å²) < 4.78 is 5.43. The first-order valence-corrected chi connectivity index (χ1v) is 5.73. The van der Waals surface area contributed by atoms with Gasteiger partial charge in [0.25, 0.3) is 0 Å². The third kappa shape index (κ3) is 1.46. The first-order chi connectivity index (χ1) is 7.88. The molecule has 0 spiro atoms. The molecular formula is C12H15N3O. The van der Waals surface area contributed by atoms with E-state index in [2.05, 4.69) is 9.97 Å². The van der Waals surface area contributed by atoms with Gasteiger partial charge < -0.3 is 15.1 Å². The van der Waals surface area contributed by atoms with Gasteiger partial charge in [-0.15, -0.1) is 0 Å². The minimum Gasteiger partial charge on any atom is -0.469 e. The summed E-state index contributed by atoms with van der Waals surface area (Å²) in [6.07, 6.45) is 5.61. The summed E-state index contributed by atoms with van der Waals surface area (Å²) in [5.41, 5.74) is 8.96. The first-order valence-electron chi connectivity index (χ1n) is 5.73. The van der Waals surface area contributed by atoms with Crippen LogP contribution in [0, 0.1) is 0 Å². The monoisotopic (exact) mass is 217 g/mol. The second-order valence-corrected chi connectivity index (χ2v) is 4.16. The molecule has 3 rings (SSSR count). The average Bonchev–Trinajstić information content (AvgIpc) is 2.90. The van der Waals surface area contributed by atoms with E-state index in [1.54, 1.807) is 6.26 Å². The number of fused-ring (bicyclic) bond motifs is 3. The smallest absolute Gasteiger partial charge is 0.113 e. The molecule has 2 heterocycles. The molecule has 0 saturated heterocycles. The van der Waals surface area contributed by atoms with Crippen molar-refractivity contribution >= 4 is 0 Å². The molecule has 2 aromatic rings. The minimum atomic E-state index is 0.711. The summed E-state index contributed by atoms with van der Waals surface area (Å²) in [7, 11) is 0. The van der Waals surface area contributed by atoms with Gasteiger partial charge in [-0.1, -0.05) is 0 Å². The van der Waals surface area contributed by atoms with Crippen LogP contribution >= 0.6 is 0 Å². The summed E-state index contributed by atoms with van der Waals surface area (Å²) in [5, 5.41) is 0. The van der Waals surface area contributed by atoms with Crippen LogP contribution in [0.4, 0.5) is 0 Å². The van der Waals surface area contributed by atoms with E-state index < -0.39 is 0 Å². The number of H-pyrrole nitrogens is 1. The lowest BCUT2D eigenvalue weighted by Gasteiger charge is -2.08. The molecule has 0 amide bonds. The molecule has 0 atom stereocenters. The van der Waals surface area contributed by atoms with Gasteiger partial charge >= 0.3 is 0 Å². The number of rotatable bonds is 3. The molecule has 16 heavy (non-hydrogen) atoms. The maximum Gasteiger partial charge on any atom is 0.113 e. The van der Waals surface area contributed by atoms with Crippen molar-refractivity contribution in [1.82, 2.24) is 9.97 Å². The third-order valence-corrected chi connectivity index (χ3v) is 3.05. The summed E-state index contributed by atoms with van der Waals surface area (Å²) in [4.78, 5) is 8.02. The lowest BCUT2D eigenvalue weighted by molar-refractivity contribution is 0.506. The molecule has 0 aromatic carbocycles. The summed E-state index contributed by atoms with van der Waals surface area (Å²) >= 11 is 0. The second kappa shape index (κ2) is 3.79. The minimum absolute atomic E-state index is 0.711. The lowest BCUT2D eigenvalue weighted by atomic mass is 10.00. The molecule has 84 valence electrons. The van der Waals surface area contributed by atoms with Gasteiger partial charge in [0.05, 0.1) is 12.0 Å². The Bertz CT molecular complexity index is 498. The van der Waals surface area contributed by atoms with Crippen molar-refractivity contribution in [3.05, 3.63) is 29.6 Å². The maximum atomic E-state index is 5.50. The Labute approximate surface area is 93.9 Å². The number of hydrogen-bond donors (Lipinski definition) is 2. The van der Waals surface area contributed by atoms with Gasteiger partial charge in [-0.2, -0.15) is 0 Å². The number of nitrogens with two attached hydrogens (primary N) is 1. The molecule has 0 bridgehead atoms. The predicted octanol–water partition coefficient (Wildman–Crippen LogP) is 1.66. The van der Waals surface area contributed by atoms with Gasteiger partial charge in [-0.3, -0.25) is 0 Å². The van der Waals surface area contributed by atoms with Crippen molar-refractivity contribution in [3.63, 3.8) is 0 Å². The Balaban J connectivity index is 1.96. The first kappa shape index (κ1) is 9.66. The van der Waals surface area contributed by atoms with E-state index in [1.807, 2.05) is 6.07 Å². The van der Waals surface area contributed by atoms with Crippen LogP contribution in [0.15, 0.2) is 16.7 Å². The highest BCUT2D eigenvalue weighted by Crippen LogP contribution is 2.32.